The standard InChI is InChI=1S/C10H14O5/c1-3-7(9(11)12)5-15-6-8(4-2)10(13)14/h3-4H,5-6H2,1-2H3,(H,11,12)(H,13,14). The van der Waals surface area contributed by atoms with Gasteiger partial charge < -0.3 is 14.9 Å². The smallest absolute Gasteiger partial charge is 0.333 e. The van der Waals surface area contributed by atoms with Crippen molar-refractivity contribution < 1.29 is 24.5 Å². The fraction of sp³-hybridized carbons (Fsp3) is 0.400. The average molecular weight is 214 g/mol. The highest BCUT2D eigenvalue weighted by atomic mass is 16.5. The lowest BCUT2D eigenvalue weighted by molar-refractivity contribution is -0.133. The van der Waals surface area contributed by atoms with Gasteiger partial charge in [0.05, 0.1) is 24.4 Å². The van der Waals surface area contributed by atoms with Crippen molar-refractivity contribution in [3.8, 4) is 0 Å². The van der Waals surface area contributed by atoms with E-state index in [-0.39, 0.29) is 24.4 Å². The Morgan fingerprint density at radius 2 is 1.33 bits per heavy atom. The molecule has 84 valence electrons. The Morgan fingerprint density at radius 1 is 1.00 bits per heavy atom. The molecule has 0 rings (SSSR count). The van der Waals surface area contributed by atoms with Crippen molar-refractivity contribution in [3.63, 3.8) is 0 Å². The van der Waals surface area contributed by atoms with E-state index in [4.69, 9.17) is 14.9 Å². The maximum atomic E-state index is 10.5. The second kappa shape index (κ2) is 6.78. The predicted octanol–water partition coefficient (Wildman–Crippen LogP) is 1.06. The van der Waals surface area contributed by atoms with Crippen molar-refractivity contribution in [1.82, 2.24) is 0 Å². The number of hydrogen-bond acceptors (Lipinski definition) is 3. The molecule has 5 heteroatoms. The van der Waals surface area contributed by atoms with Gasteiger partial charge >= 0.3 is 11.9 Å². The molecule has 0 aliphatic rings. The van der Waals surface area contributed by atoms with Gasteiger partial charge in [-0.05, 0) is 13.8 Å². The van der Waals surface area contributed by atoms with Crippen LogP contribution in [0, 0.1) is 0 Å². The van der Waals surface area contributed by atoms with E-state index in [1.807, 2.05) is 0 Å². The third kappa shape index (κ3) is 4.97. The summed E-state index contributed by atoms with van der Waals surface area (Å²) in [5.74, 6) is -2.12. The fourth-order valence-corrected chi connectivity index (χ4v) is 0.808. The lowest BCUT2D eigenvalue weighted by Crippen LogP contribution is -2.12. The quantitative estimate of drug-likeness (QED) is 0.646. The minimum Gasteiger partial charge on any atom is -0.478 e. The summed E-state index contributed by atoms with van der Waals surface area (Å²) in [4.78, 5) is 21.1. The molecule has 0 aromatic heterocycles. The van der Waals surface area contributed by atoms with Crippen molar-refractivity contribution in [1.29, 1.82) is 0 Å². The SMILES string of the molecule is CC=C(COCC(=CC)C(=O)O)C(=O)O. The van der Waals surface area contributed by atoms with Crippen LogP contribution in [0.25, 0.3) is 0 Å². The van der Waals surface area contributed by atoms with Crippen LogP contribution in [-0.2, 0) is 14.3 Å². The summed E-state index contributed by atoms with van der Waals surface area (Å²) in [5.41, 5.74) is 0.215. The summed E-state index contributed by atoms with van der Waals surface area (Å²) in [7, 11) is 0. The molecule has 0 spiro atoms. The number of allylic oxidation sites excluding steroid dienone is 2. The number of carboxylic acid groups (broad SMARTS) is 2. The number of ether oxygens (including phenoxy) is 1. The second-order valence-corrected chi connectivity index (χ2v) is 2.73. The molecule has 2 N–H and O–H groups in total. The lowest BCUT2D eigenvalue weighted by atomic mass is 10.2. The first-order valence-electron chi connectivity index (χ1n) is 4.37. The van der Waals surface area contributed by atoms with E-state index in [1.165, 1.54) is 12.2 Å². The van der Waals surface area contributed by atoms with Crippen molar-refractivity contribution in [2.75, 3.05) is 13.2 Å². The van der Waals surface area contributed by atoms with Crippen LogP contribution in [0.5, 0.6) is 0 Å². The van der Waals surface area contributed by atoms with Crippen LogP contribution >= 0.6 is 0 Å². The topological polar surface area (TPSA) is 83.8 Å². The summed E-state index contributed by atoms with van der Waals surface area (Å²) in [6.45, 7) is 2.97. The van der Waals surface area contributed by atoms with Crippen LogP contribution in [0.1, 0.15) is 13.8 Å². The molecular weight excluding hydrogens is 200 g/mol. The van der Waals surface area contributed by atoms with Gasteiger partial charge in [-0.15, -0.1) is 0 Å². The molecule has 0 atom stereocenters. The molecule has 0 unspecified atom stereocenters. The number of hydrogen-bond donors (Lipinski definition) is 2. The number of aliphatic carboxylic acids is 2. The molecule has 0 aromatic carbocycles. The summed E-state index contributed by atoms with van der Waals surface area (Å²) in [6, 6.07) is 0. The Bertz CT molecular complexity index is 271. The molecule has 0 amide bonds. The van der Waals surface area contributed by atoms with Crippen molar-refractivity contribution >= 4 is 11.9 Å². The van der Waals surface area contributed by atoms with Gasteiger partial charge in [0, 0.05) is 0 Å². The fourth-order valence-electron chi connectivity index (χ4n) is 0.808. The van der Waals surface area contributed by atoms with E-state index >= 15 is 0 Å². The van der Waals surface area contributed by atoms with Crippen LogP contribution in [0.15, 0.2) is 23.3 Å². The van der Waals surface area contributed by atoms with E-state index in [1.54, 1.807) is 13.8 Å². The summed E-state index contributed by atoms with van der Waals surface area (Å²) in [6.07, 6.45) is 2.83. The summed E-state index contributed by atoms with van der Waals surface area (Å²) >= 11 is 0. The molecule has 0 radical (unpaired) electrons. The highest BCUT2D eigenvalue weighted by molar-refractivity contribution is 5.87. The molecule has 0 bridgehead atoms. The lowest BCUT2D eigenvalue weighted by Gasteiger charge is -2.04. The van der Waals surface area contributed by atoms with E-state index in [0.717, 1.165) is 0 Å². The monoisotopic (exact) mass is 214 g/mol. The van der Waals surface area contributed by atoms with E-state index in [0.29, 0.717) is 0 Å². The van der Waals surface area contributed by atoms with E-state index in [9.17, 15) is 9.59 Å². The Balaban J connectivity index is 4.09. The van der Waals surface area contributed by atoms with Gasteiger partial charge in [-0.2, -0.15) is 0 Å². The van der Waals surface area contributed by atoms with Crippen molar-refractivity contribution in [2.45, 2.75) is 13.8 Å². The zero-order valence-electron chi connectivity index (χ0n) is 8.69. The first-order valence-corrected chi connectivity index (χ1v) is 4.37. The van der Waals surface area contributed by atoms with Crippen LogP contribution < -0.4 is 0 Å². The third-order valence-electron chi connectivity index (χ3n) is 1.76. The number of carboxylic acids is 2. The third-order valence-corrected chi connectivity index (χ3v) is 1.76. The molecule has 0 aliphatic heterocycles. The maximum absolute atomic E-state index is 10.5. The van der Waals surface area contributed by atoms with Crippen LogP contribution in [-0.4, -0.2) is 35.4 Å². The second-order valence-electron chi connectivity index (χ2n) is 2.73. The number of rotatable bonds is 6. The molecule has 0 heterocycles. The first-order chi connectivity index (χ1) is 7.02. The molecule has 0 saturated carbocycles. The zero-order valence-corrected chi connectivity index (χ0v) is 8.69. The molecular formula is C10H14O5. The largest absolute Gasteiger partial charge is 0.478 e. The van der Waals surface area contributed by atoms with Gasteiger partial charge in [0.15, 0.2) is 0 Å². The van der Waals surface area contributed by atoms with Crippen LogP contribution in [0.4, 0.5) is 0 Å². The molecule has 5 nitrogen and oxygen atoms in total. The van der Waals surface area contributed by atoms with Gasteiger partial charge in [-0.3, -0.25) is 0 Å². The Hall–Kier alpha value is -1.62. The normalized spacial score (nSPS) is 12.7. The van der Waals surface area contributed by atoms with Crippen molar-refractivity contribution in [3.05, 3.63) is 23.3 Å². The maximum Gasteiger partial charge on any atom is 0.333 e. The van der Waals surface area contributed by atoms with Crippen LogP contribution in [0.3, 0.4) is 0 Å². The molecule has 0 fully saturated rings. The Labute approximate surface area is 87.7 Å². The van der Waals surface area contributed by atoms with Crippen LogP contribution in [0.2, 0.25) is 0 Å². The summed E-state index contributed by atoms with van der Waals surface area (Å²) < 4.78 is 4.96. The van der Waals surface area contributed by atoms with Gasteiger partial charge in [0.1, 0.15) is 0 Å². The molecule has 15 heavy (non-hydrogen) atoms. The molecule has 0 aromatic rings. The minimum absolute atomic E-state index is 0.101. The highest BCUT2D eigenvalue weighted by Gasteiger charge is 2.09. The Kier molecular flexibility index (Phi) is 6.05. The first kappa shape index (κ1) is 13.4. The Morgan fingerprint density at radius 3 is 1.53 bits per heavy atom. The zero-order chi connectivity index (χ0) is 11.8. The van der Waals surface area contributed by atoms with E-state index in [2.05, 4.69) is 0 Å². The highest BCUT2D eigenvalue weighted by Crippen LogP contribution is 2.00. The van der Waals surface area contributed by atoms with Gasteiger partial charge in [-0.25, -0.2) is 9.59 Å². The summed E-state index contributed by atoms with van der Waals surface area (Å²) in [5, 5.41) is 17.3. The van der Waals surface area contributed by atoms with Crippen molar-refractivity contribution in [2.24, 2.45) is 0 Å². The van der Waals surface area contributed by atoms with Gasteiger partial charge in [0.25, 0.3) is 0 Å². The number of carbonyl (C=O) groups is 2. The van der Waals surface area contributed by atoms with E-state index < -0.39 is 11.9 Å². The predicted molar refractivity (Wildman–Crippen MR) is 53.6 cm³/mol. The molecule has 0 saturated heterocycles. The minimum atomic E-state index is -1.06. The van der Waals surface area contributed by atoms with Gasteiger partial charge in [-0.1, -0.05) is 12.2 Å². The van der Waals surface area contributed by atoms with Gasteiger partial charge in [0.2, 0.25) is 0 Å². The average Bonchev–Trinajstić information content (AvgIpc) is 2.17. The molecule has 0 aliphatic carbocycles.